The smallest absolute Gasteiger partial charge is 0.123 e. The summed E-state index contributed by atoms with van der Waals surface area (Å²) >= 11 is 0. The van der Waals surface area contributed by atoms with Gasteiger partial charge in [0.1, 0.15) is 11.5 Å². The van der Waals surface area contributed by atoms with Gasteiger partial charge in [0.05, 0.1) is 11.4 Å². The number of benzene rings is 1. The molecule has 0 amide bonds. The van der Waals surface area contributed by atoms with Crippen LogP contribution in [0.15, 0.2) is 42.6 Å². The summed E-state index contributed by atoms with van der Waals surface area (Å²) in [6, 6.07) is 10.0. The average Bonchev–Trinajstić information content (AvgIpc) is 2.72. The lowest BCUT2D eigenvalue weighted by Gasteiger charge is -2.00. The van der Waals surface area contributed by atoms with Crippen LogP contribution in [0.4, 0.5) is 10.1 Å². The molecule has 0 aliphatic carbocycles. The molecule has 3 rings (SSSR count). The number of anilines is 1. The van der Waals surface area contributed by atoms with Crippen molar-refractivity contribution in [2.45, 2.75) is 0 Å². The SMILES string of the molecule is Nc1cccnc1-c1cc2cc(F)ccc2[nH]1. The van der Waals surface area contributed by atoms with Crippen molar-refractivity contribution in [2.24, 2.45) is 0 Å². The number of halogens is 1. The molecule has 0 aliphatic heterocycles. The third-order valence-electron chi connectivity index (χ3n) is 2.68. The van der Waals surface area contributed by atoms with Crippen molar-refractivity contribution < 1.29 is 4.39 Å². The first kappa shape index (κ1) is 9.84. The quantitative estimate of drug-likeness (QED) is 0.671. The van der Waals surface area contributed by atoms with Gasteiger partial charge < -0.3 is 10.7 Å². The molecule has 4 heteroatoms. The van der Waals surface area contributed by atoms with Crippen molar-refractivity contribution in [2.75, 3.05) is 5.73 Å². The number of nitrogens with two attached hydrogens (primary N) is 1. The zero-order chi connectivity index (χ0) is 11.8. The molecule has 0 fully saturated rings. The number of rotatable bonds is 1. The molecule has 0 radical (unpaired) electrons. The minimum absolute atomic E-state index is 0.253. The Bertz CT molecular complexity index is 688. The summed E-state index contributed by atoms with van der Waals surface area (Å²) in [6.45, 7) is 0. The number of fused-ring (bicyclic) bond motifs is 1. The Morgan fingerprint density at radius 3 is 2.88 bits per heavy atom. The van der Waals surface area contributed by atoms with Crippen molar-refractivity contribution in [3.05, 3.63) is 48.4 Å². The minimum Gasteiger partial charge on any atom is -0.397 e. The summed E-state index contributed by atoms with van der Waals surface area (Å²) < 4.78 is 13.1. The molecule has 0 saturated heterocycles. The third kappa shape index (κ3) is 1.63. The first-order valence-electron chi connectivity index (χ1n) is 5.23. The molecule has 3 N–H and O–H groups in total. The predicted molar refractivity (Wildman–Crippen MR) is 65.9 cm³/mol. The van der Waals surface area contributed by atoms with Crippen LogP contribution in [0.25, 0.3) is 22.3 Å². The lowest BCUT2D eigenvalue weighted by atomic mass is 10.2. The molecule has 0 bridgehead atoms. The van der Waals surface area contributed by atoms with Crippen LogP contribution < -0.4 is 5.73 Å². The number of nitrogens with one attached hydrogen (secondary N) is 1. The van der Waals surface area contributed by atoms with E-state index in [2.05, 4.69) is 9.97 Å². The predicted octanol–water partition coefficient (Wildman–Crippen LogP) is 2.95. The molecule has 3 aromatic rings. The minimum atomic E-state index is -0.253. The number of aromatic amines is 1. The van der Waals surface area contributed by atoms with Crippen LogP contribution in [-0.4, -0.2) is 9.97 Å². The second-order valence-electron chi connectivity index (χ2n) is 3.86. The summed E-state index contributed by atoms with van der Waals surface area (Å²) in [7, 11) is 0. The molecular formula is C13H10FN3. The maximum absolute atomic E-state index is 13.1. The molecule has 1 aromatic carbocycles. The molecule has 17 heavy (non-hydrogen) atoms. The number of aromatic nitrogens is 2. The molecule has 0 atom stereocenters. The van der Waals surface area contributed by atoms with E-state index in [4.69, 9.17) is 5.73 Å². The second-order valence-corrected chi connectivity index (χ2v) is 3.86. The van der Waals surface area contributed by atoms with Gasteiger partial charge in [0, 0.05) is 17.1 Å². The number of hydrogen-bond acceptors (Lipinski definition) is 2. The first-order valence-corrected chi connectivity index (χ1v) is 5.23. The summed E-state index contributed by atoms with van der Waals surface area (Å²) in [5.74, 6) is -0.253. The Balaban J connectivity index is 2.22. The van der Waals surface area contributed by atoms with Crippen molar-refractivity contribution >= 4 is 16.6 Å². The van der Waals surface area contributed by atoms with Gasteiger partial charge in [-0.3, -0.25) is 4.98 Å². The fraction of sp³-hybridized carbons (Fsp3) is 0. The van der Waals surface area contributed by atoms with Gasteiger partial charge in [-0.2, -0.15) is 0 Å². The maximum atomic E-state index is 13.1. The van der Waals surface area contributed by atoms with Gasteiger partial charge in [-0.25, -0.2) is 4.39 Å². The normalized spacial score (nSPS) is 10.9. The van der Waals surface area contributed by atoms with Crippen molar-refractivity contribution in [1.82, 2.24) is 9.97 Å². The van der Waals surface area contributed by atoms with Crippen LogP contribution in [0.2, 0.25) is 0 Å². The highest BCUT2D eigenvalue weighted by molar-refractivity contribution is 5.87. The van der Waals surface area contributed by atoms with Gasteiger partial charge in [-0.1, -0.05) is 0 Å². The highest BCUT2D eigenvalue weighted by Gasteiger charge is 2.07. The molecule has 2 aromatic heterocycles. The van der Waals surface area contributed by atoms with E-state index in [0.29, 0.717) is 11.4 Å². The fourth-order valence-corrected chi connectivity index (χ4v) is 1.87. The topological polar surface area (TPSA) is 54.7 Å². The summed E-state index contributed by atoms with van der Waals surface area (Å²) in [6.07, 6.45) is 1.68. The van der Waals surface area contributed by atoms with Crippen LogP contribution in [0.3, 0.4) is 0 Å². The molecule has 0 aliphatic rings. The molecule has 3 nitrogen and oxygen atoms in total. The van der Waals surface area contributed by atoms with E-state index < -0.39 is 0 Å². The van der Waals surface area contributed by atoms with Gasteiger partial charge >= 0.3 is 0 Å². The van der Waals surface area contributed by atoms with Crippen LogP contribution in [0, 0.1) is 5.82 Å². The van der Waals surface area contributed by atoms with Gasteiger partial charge in [-0.15, -0.1) is 0 Å². The lowest BCUT2D eigenvalue weighted by molar-refractivity contribution is 0.630. The van der Waals surface area contributed by atoms with Crippen LogP contribution in [-0.2, 0) is 0 Å². The Morgan fingerprint density at radius 1 is 1.18 bits per heavy atom. The van der Waals surface area contributed by atoms with Crippen molar-refractivity contribution in [3.63, 3.8) is 0 Å². The number of nitrogens with zero attached hydrogens (tertiary/aromatic N) is 1. The second kappa shape index (κ2) is 3.59. The molecule has 0 unspecified atom stereocenters. The summed E-state index contributed by atoms with van der Waals surface area (Å²) in [5, 5.41) is 0.810. The lowest BCUT2D eigenvalue weighted by Crippen LogP contribution is -1.92. The zero-order valence-corrected chi connectivity index (χ0v) is 8.94. The van der Waals surface area contributed by atoms with Gasteiger partial charge in [0.25, 0.3) is 0 Å². The van der Waals surface area contributed by atoms with Gasteiger partial charge in [0.15, 0.2) is 0 Å². The van der Waals surface area contributed by atoms with E-state index in [1.165, 1.54) is 12.1 Å². The zero-order valence-electron chi connectivity index (χ0n) is 8.94. The molecular weight excluding hydrogens is 217 g/mol. The highest BCUT2D eigenvalue weighted by Crippen LogP contribution is 2.26. The number of pyridine rings is 1. The van der Waals surface area contributed by atoms with Crippen molar-refractivity contribution in [1.29, 1.82) is 0 Å². The maximum Gasteiger partial charge on any atom is 0.123 e. The first-order chi connectivity index (χ1) is 8.24. The Morgan fingerprint density at radius 2 is 2.06 bits per heavy atom. The number of nitrogen functional groups attached to an aromatic ring is 1. The van der Waals surface area contributed by atoms with Crippen LogP contribution in [0.1, 0.15) is 0 Å². The van der Waals surface area contributed by atoms with E-state index in [-0.39, 0.29) is 5.82 Å². The standard InChI is InChI=1S/C13H10FN3/c14-9-3-4-11-8(6-9)7-12(17-11)13-10(15)2-1-5-16-13/h1-7,17H,15H2. The number of H-pyrrole nitrogens is 1. The average molecular weight is 227 g/mol. The van der Waals surface area contributed by atoms with E-state index >= 15 is 0 Å². The Hall–Kier alpha value is -2.36. The van der Waals surface area contributed by atoms with Crippen LogP contribution in [0.5, 0.6) is 0 Å². The van der Waals surface area contributed by atoms with Gasteiger partial charge in [0.2, 0.25) is 0 Å². The van der Waals surface area contributed by atoms with Crippen LogP contribution >= 0.6 is 0 Å². The Kier molecular flexibility index (Phi) is 2.08. The van der Waals surface area contributed by atoms with E-state index in [1.807, 2.05) is 6.07 Å². The van der Waals surface area contributed by atoms with E-state index in [0.717, 1.165) is 16.6 Å². The van der Waals surface area contributed by atoms with E-state index in [9.17, 15) is 4.39 Å². The highest BCUT2D eigenvalue weighted by atomic mass is 19.1. The van der Waals surface area contributed by atoms with Gasteiger partial charge in [-0.05, 0) is 36.4 Å². The molecule has 0 saturated carbocycles. The van der Waals surface area contributed by atoms with Crippen molar-refractivity contribution in [3.8, 4) is 11.4 Å². The summed E-state index contributed by atoms with van der Waals surface area (Å²) in [4.78, 5) is 7.39. The molecule has 84 valence electrons. The number of hydrogen-bond donors (Lipinski definition) is 2. The molecule has 2 heterocycles. The monoisotopic (exact) mass is 227 g/mol. The largest absolute Gasteiger partial charge is 0.397 e. The molecule has 0 spiro atoms. The third-order valence-corrected chi connectivity index (χ3v) is 2.68. The van der Waals surface area contributed by atoms with E-state index in [1.54, 1.807) is 24.4 Å². The summed E-state index contributed by atoms with van der Waals surface area (Å²) in [5.41, 5.74) is 8.79. The Labute approximate surface area is 97.1 Å². The fourth-order valence-electron chi connectivity index (χ4n) is 1.87.